The zero-order valence-electron chi connectivity index (χ0n) is 19.6. The smallest absolute Gasteiger partial charge is 0.303 e. The Bertz CT molecular complexity index is 963. The Labute approximate surface area is 189 Å². The van der Waals surface area contributed by atoms with E-state index in [2.05, 4.69) is 31.2 Å². The Kier molecular flexibility index (Phi) is 4.65. The second-order valence-electron chi connectivity index (χ2n) is 10.8. The fourth-order valence-electron chi connectivity index (χ4n) is 7.86. The first-order chi connectivity index (χ1) is 15.0. The molecule has 0 aromatic rings. The van der Waals surface area contributed by atoms with Crippen molar-refractivity contribution in [1.82, 2.24) is 0 Å². The van der Waals surface area contributed by atoms with E-state index in [-0.39, 0.29) is 41.5 Å². The predicted octanol–water partition coefficient (Wildman–Crippen LogP) is 3.50. The van der Waals surface area contributed by atoms with Gasteiger partial charge < -0.3 is 19.3 Å². The minimum Gasteiger partial charge on any atom is -0.494 e. The molecule has 4 aliphatic carbocycles. The van der Waals surface area contributed by atoms with Gasteiger partial charge in [-0.05, 0) is 68.6 Å². The van der Waals surface area contributed by atoms with Gasteiger partial charge >= 0.3 is 5.97 Å². The molecule has 0 radical (unpaired) electrons. The molecule has 8 atom stereocenters. The summed E-state index contributed by atoms with van der Waals surface area (Å²) in [4.78, 5) is 24.5. The largest absolute Gasteiger partial charge is 0.494 e. The highest BCUT2D eigenvalue weighted by molar-refractivity contribution is 5.91. The maximum Gasteiger partial charge on any atom is 0.303 e. The summed E-state index contributed by atoms with van der Waals surface area (Å²) >= 11 is 0. The van der Waals surface area contributed by atoms with Gasteiger partial charge in [-0.15, -0.1) is 0 Å². The lowest BCUT2D eigenvalue weighted by atomic mass is 9.48. The quantitative estimate of drug-likeness (QED) is 0.518. The molecule has 3 fully saturated rings. The van der Waals surface area contributed by atoms with Crippen LogP contribution in [-0.2, 0) is 23.8 Å². The number of carbonyl (C=O) groups is 2. The second kappa shape index (κ2) is 6.80. The van der Waals surface area contributed by atoms with Crippen molar-refractivity contribution < 1.29 is 28.9 Å². The van der Waals surface area contributed by atoms with Crippen molar-refractivity contribution in [2.45, 2.75) is 71.2 Å². The molecule has 1 spiro atoms. The monoisotopic (exact) mass is 442 g/mol. The van der Waals surface area contributed by atoms with E-state index in [1.54, 1.807) is 0 Å². The van der Waals surface area contributed by atoms with Gasteiger partial charge in [-0.3, -0.25) is 9.59 Å². The number of hydrogen-bond acceptors (Lipinski definition) is 6. The van der Waals surface area contributed by atoms with Crippen molar-refractivity contribution in [2.24, 2.45) is 28.6 Å². The molecule has 6 nitrogen and oxygen atoms in total. The summed E-state index contributed by atoms with van der Waals surface area (Å²) in [5.41, 5.74) is -1.48. The predicted molar refractivity (Wildman–Crippen MR) is 117 cm³/mol. The van der Waals surface area contributed by atoms with Crippen LogP contribution in [0.15, 0.2) is 35.6 Å². The van der Waals surface area contributed by atoms with Crippen LogP contribution < -0.4 is 0 Å². The van der Waals surface area contributed by atoms with Crippen molar-refractivity contribution in [2.75, 3.05) is 13.2 Å². The van der Waals surface area contributed by atoms with Crippen LogP contribution in [0.4, 0.5) is 0 Å². The van der Waals surface area contributed by atoms with Crippen LogP contribution in [0.25, 0.3) is 0 Å². The van der Waals surface area contributed by atoms with Gasteiger partial charge in [0.1, 0.15) is 17.0 Å². The Morgan fingerprint density at radius 3 is 2.72 bits per heavy atom. The zero-order chi connectivity index (χ0) is 23.1. The molecule has 32 heavy (non-hydrogen) atoms. The molecule has 0 aromatic heterocycles. The third-order valence-corrected chi connectivity index (χ3v) is 9.44. The minimum absolute atomic E-state index is 0.0208. The van der Waals surface area contributed by atoms with Crippen LogP contribution in [-0.4, -0.2) is 47.4 Å². The Balaban J connectivity index is 1.51. The standard InChI is InChI=1S/C26H34O6/c1-6-30-18-9-10-23(4)17(12-18)7-8-19-20-11-15(2)25(29,21(28)14-31-16(3)27)24(20,5)13-22-26(19,23)32-22/h7,9-10,12,15,19-20,22,29H,6,8,11,13-14H2,1-5H3/t15-,19-,20-,22-,23-,24-,25-,26+/m0/s1. The van der Waals surface area contributed by atoms with Crippen LogP contribution in [0.2, 0.25) is 0 Å². The molecular formula is C26H34O6. The SMILES string of the molecule is CCOC1=CC2=CC[C@H]3[C@@H]4C[C@H](C)[C@](O)(C(=O)COC(C)=O)[C@@]4(C)C[C@@H]4O[C@@]43[C@@]2(C)C=C1. The molecule has 1 heterocycles. The molecule has 0 unspecified atom stereocenters. The average Bonchev–Trinajstić information content (AvgIpc) is 3.42. The van der Waals surface area contributed by atoms with Crippen LogP contribution in [0.1, 0.15) is 53.9 Å². The van der Waals surface area contributed by atoms with Crippen molar-refractivity contribution in [3.63, 3.8) is 0 Å². The van der Waals surface area contributed by atoms with E-state index < -0.39 is 22.8 Å². The van der Waals surface area contributed by atoms with Crippen LogP contribution in [0, 0.1) is 28.6 Å². The number of Topliss-reactive ketones (excluding diaryl/α,β-unsaturated/α-hetero) is 1. The molecular weight excluding hydrogens is 408 g/mol. The van der Waals surface area contributed by atoms with E-state index in [0.717, 1.165) is 18.6 Å². The maximum atomic E-state index is 13.2. The lowest BCUT2D eigenvalue weighted by Gasteiger charge is -2.54. The molecule has 0 bridgehead atoms. The first-order valence-electron chi connectivity index (χ1n) is 11.9. The van der Waals surface area contributed by atoms with E-state index in [0.29, 0.717) is 13.0 Å². The summed E-state index contributed by atoms with van der Waals surface area (Å²) in [6.45, 7) is 9.77. The molecule has 0 aromatic carbocycles. The molecule has 1 N–H and O–H groups in total. The topological polar surface area (TPSA) is 85.4 Å². The molecule has 1 aliphatic heterocycles. The summed E-state index contributed by atoms with van der Waals surface area (Å²) in [6.07, 6.45) is 10.9. The number of ether oxygens (including phenoxy) is 3. The number of aliphatic hydroxyl groups is 1. The van der Waals surface area contributed by atoms with Gasteiger partial charge in [-0.2, -0.15) is 0 Å². The number of carbonyl (C=O) groups excluding carboxylic acids is 2. The lowest BCUT2D eigenvalue weighted by Crippen LogP contribution is -2.62. The van der Waals surface area contributed by atoms with Gasteiger partial charge in [0.25, 0.3) is 0 Å². The Morgan fingerprint density at radius 2 is 2.03 bits per heavy atom. The molecule has 174 valence electrons. The maximum absolute atomic E-state index is 13.2. The Morgan fingerprint density at radius 1 is 1.28 bits per heavy atom. The molecule has 5 aliphatic rings. The number of allylic oxidation sites excluding steroid dienone is 3. The van der Waals surface area contributed by atoms with Gasteiger partial charge in [-0.1, -0.05) is 26.0 Å². The third kappa shape index (κ3) is 2.48. The fraction of sp³-hybridized carbons (Fsp3) is 0.692. The molecule has 5 rings (SSSR count). The average molecular weight is 443 g/mol. The number of rotatable bonds is 5. The van der Waals surface area contributed by atoms with E-state index in [4.69, 9.17) is 14.2 Å². The number of fused-ring (bicyclic) bond motifs is 3. The van der Waals surface area contributed by atoms with Crippen molar-refractivity contribution in [1.29, 1.82) is 0 Å². The summed E-state index contributed by atoms with van der Waals surface area (Å²) in [6, 6.07) is 0. The highest BCUT2D eigenvalue weighted by Crippen LogP contribution is 2.75. The highest BCUT2D eigenvalue weighted by Gasteiger charge is 2.81. The number of hydrogen-bond donors (Lipinski definition) is 1. The lowest BCUT2D eigenvalue weighted by molar-refractivity contribution is -0.170. The van der Waals surface area contributed by atoms with E-state index >= 15 is 0 Å². The van der Waals surface area contributed by atoms with E-state index in [9.17, 15) is 14.7 Å². The van der Waals surface area contributed by atoms with E-state index in [1.165, 1.54) is 12.5 Å². The first-order valence-corrected chi connectivity index (χ1v) is 11.9. The third-order valence-electron chi connectivity index (χ3n) is 9.44. The minimum atomic E-state index is -1.53. The normalized spacial score (nSPS) is 47.8. The van der Waals surface area contributed by atoms with Crippen LogP contribution >= 0.6 is 0 Å². The number of epoxide rings is 1. The number of ketones is 1. The van der Waals surface area contributed by atoms with Crippen molar-refractivity contribution in [3.8, 4) is 0 Å². The first kappa shape index (κ1) is 21.9. The van der Waals surface area contributed by atoms with Gasteiger partial charge in [0.2, 0.25) is 5.78 Å². The summed E-state index contributed by atoms with van der Waals surface area (Å²) in [5.74, 6) is 0.124. The second-order valence-corrected chi connectivity index (χ2v) is 10.8. The van der Waals surface area contributed by atoms with Crippen molar-refractivity contribution in [3.05, 3.63) is 35.6 Å². The van der Waals surface area contributed by atoms with Gasteiger partial charge in [-0.25, -0.2) is 0 Å². The molecule has 1 saturated heterocycles. The van der Waals surface area contributed by atoms with Crippen LogP contribution in [0.5, 0.6) is 0 Å². The number of esters is 1. The molecule has 0 amide bonds. The van der Waals surface area contributed by atoms with E-state index in [1.807, 2.05) is 20.8 Å². The van der Waals surface area contributed by atoms with Gasteiger partial charge in [0.05, 0.1) is 12.7 Å². The molecule has 6 heteroatoms. The van der Waals surface area contributed by atoms with Gasteiger partial charge in [0.15, 0.2) is 6.61 Å². The van der Waals surface area contributed by atoms with Gasteiger partial charge in [0, 0.05) is 17.8 Å². The summed E-state index contributed by atoms with van der Waals surface area (Å²) < 4.78 is 17.3. The van der Waals surface area contributed by atoms with Crippen molar-refractivity contribution >= 4 is 11.8 Å². The highest BCUT2D eigenvalue weighted by atomic mass is 16.6. The molecule has 2 saturated carbocycles. The zero-order valence-corrected chi connectivity index (χ0v) is 19.6. The fourth-order valence-corrected chi connectivity index (χ4v) is 7.86. The summed E-state index contributed by atoms with van der Waals surface area (Å²) in [5, 5.41) is 11.9. The van der Waals surface area contributed by atoms with Crippen LogP contribution in [0.3, 0.4) is 0 Å². The Hall–Kier alpha value is -1.92. The summed E-state index contributed by atoms with van der Waals surface area (Å²) in [7, 11) is 0.